The SMILES string of the molecule is C[C@H](Sc1nncs1)C(=O)N(C)C1CCCCC1. The molecule has 1 aromatic heterocycles. The van der Waals surface area contributed by atoms with Gasteiger partial charge in [0, 0.05) is 13.1 Å². The van der Waals surface area contributed by atoms with E-state index in [1.165, 1.54) is 42.4 Å². The van der Waals surface area contributed by atoms with E-state index in [2.05, 4.69) is 10.2 Å². The predicted molar refractivity (Wildman–Crippen MR) is 74.9 cm³/mol. The number of carbonyl (C=O) groups is 1. The Labute approximate surface area is 116 Å². The van der Waals surface area contributed by atoms with Crippen molar-refractivity contribution in [1.82, 2.24) is 15.1 Å². The molecule has 1 aromatic rings. The molecule has 6 heteroatoms. The van der Waals surface area contributed by atoms with Crippen LogP contribution in [0.1, 0.15) is 39.0 Å². The van der Waals surface area contributed by atoms with Crippen LogP contribution >= 0.6 is 23.1 Å². The van der Waals surface area contributed by atoms with Crippen LogP contribution in [-0.2, 0) is 4.79 Å². The lowest BCUT2D eigenvalue weighted by molar-refractivity contribution is -0.131. The topological polar surface area (TPSA) is 46.1 Å². The second-order valence-corrected chi connectivity index (χ2v) is 7.13. The first kappa shape index (κ1) is 13.8. The van der Waals surface area contributed by atoms with Gasteiger partial charge in [0.1, 0.15) is 5.51 Å². The van der Waals surface area contributed by atoms with Crippen LogP contribution in [0.4, 0.5) is 0 Å². The van der Waals surface area contributed by atoms with Crippen LogP contribution in [0.3, 0.4) is 0 Å². The van der Waals surface area contributed by atoms with Crippen LogP contribution in [0.5, 0.6) is 0 Å². The Bertz CT molecular complexity index is 377. The summed E-state index contributed by atoms with van der Waals surface area (Å²) >= 11 is 2.99. The summed E-state index contributed by atoms with van der Waals surface area (Å²) in [5.41, 5.74) is 1.70. The Hall–Kier alpha value is -0.620. The van der Waals surface area contributed by atoms with Gasteiger partial charge in [-0.15, -0.1) is 10.2 Å². The molecule has 1 heterocycles. The van der Waals surface area contributed by atoms with E-state index in [1.807, 2.05) is 18.9 Å². The molecule has 2 rings (SSSR count). The van der Waals surface area contributed by atoms with Crippen molar-refractivity contribution in [2.75, 3.05) is 7.05 Å². The molecule has 1 saturated carbocycles. The lowest BCUT2D eigenvalue weighted by Crippen LogP contribution is -2.42. The van der Waals surface area contributed by atoms with Gasteiger partial charge in [-0.3, -0.25) is 4.79 Å². The first-order valence-corrected chi connectivity index (χ1v) is 8.14. The number of carbonyl (C=O) groups excluding carboxylic acids is 1. The molecule has 1 fully saturated rings. The molecule has 0 aromatic carbocycles. The average molecular weight is 285 g/mol. The highest BCUT2D eigenvalue weighted by atomic mass is 32.2. The van der Waals surface area contributed by atoms with Crippen LogP contribution in [0, 0.1) is 0 Å². The van der Waals surface area contributed by atoms with Gasteiger partial charge in [0.2, 0.25) is 5.91 Å². The zero-order valence-electron chi connectivity index (χ0n) is 10.8. The summed E-state index contributed by atoms with van der Waals surface area (Å²) in [6, 6.07) is 0.434. The van der Waals surface area contributed by atoms with E-state index in [1.54, 1.807) is 5.51 Å². The second kappa shape index (κ2) is 6.52. The van der Waals surface area contributed by atoms with E-state index in [4.69, 9.17) is 0 Å². The minimum atomic E-state index is -0.0788. The van der Waals surface area contributed by atoms with Crippen molar-refractivity contribution in [2.24, 2.45) is 0 Å². The summed E-state index contributed by atoms with van der Waals surface area (Å²) in [5.74, 6) is 0.210. The van der Waals surface area contributed by atoms with E-state index < -0.39 is 0 Å². The molecule has 100 valence electrons. The molecule has 0 N–H and O–H groups in total. The maximum Gasteiger partial charge on any atom is 0.235 e. The average Bonchev–Trinajstić information content (AvgIpc) is 2.91. The predicted octanol–water partition coefficient (Wildman–Crippen LogP) is 2.81. The van der Waals surface area contributed by atoms with E-state index in [0.717, 1.165) is 17.2 Å². The number of hydrogen-bond donors (Lipinski definition) is 0. The molecular formula is C12H19N3OS2. The smallest absolute Gasteiger partial charge is 0.235 e. The number of rotatable bonds is 4. The quantitative estimate of drug-likeness (QED) is 0.798. The standard InChI is InChI=1S/C12H19N3OS2/c1-9(18-12-14-13-8-17-12)11(16)15(2)10-6-4-3-5-7-10/h8-10H,3-7H2,1-2H3/t9-/m0/s1. The minimum absolute atomic E-state index is 0.0788. The van der Waals surface area contributed by atoms with Crippen LogP contribution < -0.4 is 0 Å². The Kier molecular flexibility index (Phi) is 5.00. The lowest BCUT2D eigenvalue weighted by Gasteiger charge is -2.32. The lowest BCUT2D eigenvalue weighted by atomic mass is 9.94. The Balaban J connectivity index is 1.88. The van der Waals surface area contributed by atoms with Gasteiger partial charge in [0.15, 0.2) is 4.34 Å². The molecule has 1 aliphatic rings. The maximum atomic E-state index is 12.3. The van der Waals surface area contributed by atoms with Crippen molar-refractivity contribution < 1.29 is 4.79 Å². The fourth-order valence-electron chi connectivity index (χ4n) is 2.35. The highest BCUT2D eigenvalue weighted by Crippen LogP contribution is 2.27. The summed E-state index contributed by atoms with van der Waals surface area (Å²) in [7, 11) is 1.94. The molecule has 0 radical (unpaired) electrons. The third-order valence-electron chi connectivity index (χ3n) is 3.44. The fourth-order valence-corrected chi connectivity index (χ4v) is 4.08. The van der Waals surface area contributed by atoms with Crippen LogP contribution in [-0.4, -0.2) is 39.3 Å². The molecular weight excluding hydrogens is 266 g/mol. The molecule has 0 unspecified atom stereocenters. The third-order valence-corrected chi connectivity index (χ3v) is 5.33. The number of hydrogen-bond acceptors (Lipinski definition) is 5. The summed E-state index contributed by atoms with van der Waals surface area (Å²) in [6.45, 7) is 1.95. The molecule has 1 amide bonds. The summed E-state index contributed by atoms with van der Waals surface area (Å²) < 4.78 is 0.868. The van der Waals surface area contributed by atoms with Gasteiger partial charge in [-0.25, -0.2) is 0 Å². The highest BCUT2D eigenvalue weighted by Gasteiger charge is 2.26. The zero-order chi connectivity index (χ0) is 13.0. The van der Waals surface area contributed by atoms with Gasteiger partial charge in [0.25, 0.3) is 0 Å². The highest BCUT2D eigenvalue weighted by molar-refractivity contribution is 8.02. The minimum Gasteiger partial charge on any atom is -0.342 e. The van der Waals surface area contributed by atoms with Crippen LogP contribution in [0.25, 0.3) is 0 Å². The van der Waals surface area contributed by atoms with Crippen molar-refractivity contribution >= 4 is 29.0 Å². The van der Waals surface area contributed by atoms with Gasteiger partial charge >= 0.3 is 0 Å². The van der Waals surface area contributed by atoms with Gasteiger partial charge < -0.3 is 4.90 Å². The zero-order valence-corrected chi connectivity index (χ0v) is 12.5. The summed E-state index contributed by atoms with van der Waals surface area (Å²) in [6.07, 6.45) is 6.12. The number of aromatic nitrogens is 2. The largest absolute Gasteiger partial charge is 0.342 e. The van der Waals surface area contributed by atoms with Crippen molar-refractivity contribution in [2.45, 2.75) is 54.7 Å². The van der Waals surface area contributed by atoms with Gasteiger partial charge in [-0.05, 0) is 19.8 Å². The van der Waals surface area contributed by atoms with Gasteiger partial charge in [-0.2, -0.15) is 0 Å². The van der Waals surface area contributed by atoms with Crippen LogP contribution in [0.2, 0.25) is 0 Å². The molecule has 1 aliphatic carbocycles. The first-order chi connectivity index (χ1) is 8.68. The Morgan fingerprint density at radius 1 is 1.50 bits per heavy atom. The molecule has 1 atom stereocenters. The first-order valence-electron chi connectivity index (χ1n) is 6.38. The van der Waals surface area contributed by atoms with E-state index in [0.29, 0.717) is 6.04 Å². The summed E-state index contributed by atoms with van der Waals surface area (Å²) in [4.78, 5) is 14.3. The molecule has 0 saturated heterocycles. The van der Waals surface area contributed by atoms with E-state index in [9.17, 15) is 4.79 Å². The third kappa shape index (κ3) is 3.45. The summed E-state index contributed by atoms with van der Waals surface area (Å²) in [5, 5.41) is 7.68. The number of amides is 1. The molecule has 0 aliphatic heterocycles. The number of nitrogens with zero attached hydrogens (tertiary/aromatic N) is 3. The second-order valence-electron chi connectivity index (χ2n) is 4.71. The van der Waals surface area contributed by atoms with Gasteiger partial charge in [-0.1, -0.05) is 42.4 Å². The molecule has 0 spiro atoms. The van der Waals surface area contributed by atoms with Crippen molar-refractivity contribution in [3.05, 3.63) is 5.51 Å². The molecule has 4 nitrogen and oxygen atoms in total. The fraction of sp³-hybridized carbons (Fsp3) is 0.750. The van der Waals surface area contributed by atoms with Crippen molar-refractivity contribution in [3.63, 3.8) is 0 Å². The number of thioether (sulfide) groups is 1. The molecule has 0 bridgehead atoms. The Morgan fingerprint density at radius 3 is 2.83 bits per heavy atom. The van der Waals surface area contributed by atoms with Crippen molar-refractivity contribution in [3.8, 4) is 0 Å². The van der Waals surface area contributed by atoms with Gasteiger partial charge in [0.05, 0.1) is 5.25 Å². The molecule has 18 heavy (non-hydrogen) atoms. The monoisotopic (exact) mass is 285 g/mol. The van der Waals surface area contributed by atoms with E-state index >= 15 is 0 Å². The Morgan fingerprint density at radius 2 is 2.22 bits per heavy atom. The van der Waals surface area contributed by atoms with Crippen molar-refractivity contribution in [1.29, 1.82) is 0 Å². The van der Waals surface area contributed by atoms with Crippen LogP contribution in [0.15, 0.2) is 9.85 Å². The van der Waals surface area contributed by atoms with E-state index in [-0.39, 0.29) is 11.2 Å². The normalized spacial score (nSPS) is 18.6. The maximum absolute atomic E-state index is 12.3.